The zero-order chi connectivity index (χ0) is 28.7. The summed E-state index contributed by atoms with van der Waals surface area (Å²) in [7, 11) is -3.98. The second kappa shape index (κ2) is 13.3. The number of hydrogen-bond donors (Lipinski definition) is 1. The Kier molecular flexibility index (Phi) is 9.81. The summed E-state index contributed by atoms with van der Waals surface area (Å²) in [6, 6.07) is 20.5. The van der Waals surface area contributed by atoms with E-state index in [0.29, 0.717) is 10.6 Å². The molecule has 1 atom stereocenters. The first kappa shape index (κ1) is 29.6. The third-order valence-electron chi connectivity index (χ3n) is 7.05. The molecule has 3 aromatic carbocycles. The van der Waals surface area contributed by atoms with Crippen molar-refractivity contribution in [2.45, 2.75) is 50.7 Å². The van der Waals surface area contributed by atoms with Crippen LogP contribution in [-0.4, -0.2) is 50.0 Å². The van der Waals surface area contributed by atoms with Crippen molar-refractivity contribution < 1.29 is 22.4 Å². The molecule has 0 aliphatic heterocycles. The zero-order valence-electron chi connectivity index (χ0n) is 22.3. The first-order chi connectivity index (χ1) is 19.1. The lowest BCUT2D eigenvalue weighted by Gasteiger charge is -2.34. The number of halogens is 2. The minimum absolute atomic E-state index is 0.0165. The van der Waals surface area contributed by atoms with Gasteiger partial charge < -0.3 is 10.2 Å². The van der Waals surface area contributed by atoms with Gasteiger partial charge in [0.05, 0.1) is 11.9 Å². The highest BCUT2D eigenvalue weighted by Gasteiger charge is 2.34. The number of rotatable bonds is 11. The van der Waals surface area contributed by atoms with Crippen LogP contribution in [0.15, 0.2) is 78.9 Å². The fraction of sp³-hybridized carbons (Fsp3) is 0.333. The number of carbonyl (C=O) groups is 2. The highest BCUT2D eigenvalue weighted by molar-refractivity contribution is 7.92. The van der Waals surface area contributed by atoms with E-state index in [1.165, 1.54) is 23.1 Å². The summed E-state index contributed by atoms with van der Waals surface area (Å²) in [4.78, 5) is 29.2. The summed E-state index contributed by atoms with van der Waals surface area (Å²) in [5.41, 5.74) is 1.47. The summed E-state index contributed by atoms with van der Waals surface area (Å²) >= 11 is 6.46. The van der Waals surface area contributed by atoms with Crippen LogP contribution in [0.3, 0.4) is 0 Å². The molecule has 2 amide bonds. The minimum atomic E-state index is -3.98. The van der Waals surface area contributed by atoms with Crippen molar-refractivity contribution in [1.29, 1.82) is 0 Å². The van der Waals surface area contributed by atoms with Crippen molar-refractivity contribution in [3.63, 3.8) is 0 Å². The summed E-state index contributed by atoms with van der Waals surface area (Å²) < 4.78 is 40.4. The van der Waals surface area contributed by atoms with Gasteiger partial charge in [0.15, 0.2) is 0 Å². The quantitative estimate of drug-likeness (QED) is 0.345. The Morgan fingerprint density at radius 2 is 1.68 bits per heavy atom. The Morgan fingerprint density at radius 3 is 2.33 bits per heavy atom. The van der Waals surface area contributed by atoms with E-state index in [2.05, 4.69) is 5.32 Å². The van der Waals surface area contributed by atoms with Gasteiger partial charge in [0, 0.05) is 24.0 Å². The van der Waals surface area contributed by atoms with Crippen LogP contribution in [0, 0.1) is 5.82 Å². The molecule has 0 heterocycles. The molecule has 10 heteroatoms. The molecule has 1 N–H and O–H groups in total. The molecule has 7 nitrogen and oxygen atoms in total. The smallest absolute Gasteiger partial charge is 0.244 e. The molecular formula is C30H33ClFN3O4S. The minimum Gasteiger partial charge on any atom is -0.352 e. The van der Waals surface area contributed by atoms with Crippen molar-refractivity contribution in [3.05, 3.63) is 101 Å². The first-order valence-electron chi connectivity index (χ1n) is 13.2. The average Bonchev–Trinajstić information content (AvgIpc) is 3.43. The maximum absolute atomic E-state index is 14.1. The summed E-state index contributed by atoms with van der Waals surface area (Å²) in [5.74, 6) is -1.56. The number of hydrogen-bond acceptors (Lipinski definition) is 4. The summed E-state index contributed by atoms with van der Waals surface area (Å²) in [6.07, 6.45) is 4.95. The topological polar surface area (TPSA) is 86.8 Å². The van der Waals surface area contributed by atoms with E-state index in [0.717, 1.165) is 47.9 Å². The molecule has 0 aromatic heterocycles. The van der Waals surface area contributed by atoms with Crippen molar-refractivity contribution in [2.75, 3.05) is 17.1 Å². The van der Waals surface area contributed by atoms with Crippen LogP contribution in [0.1, 0.15) is 36.8 Å². The molecule has 0 saturated heterocycles. The van der Waals surface area contributed by atoms with Gasteiger partial charge >= 0.3 is 0 Å². The molecule has 1 fully saturated rings. The van der Waals surface area contributed by atoms with Gasteiger partial charge in [0.25, 0.3) is 0 Å². The zero-order valence-corrected chi connectivity index (χ0v) is 23.9. The van der Waals surface area contributed by atoms with Crippen LogP contribution in [-0.2, 0) is 32.6 Å². The third kappa shape index (κ3) is 7.82. The second-order valence-corrected chi connectivity index (χ2v) is 12.4. The van der Waals surface area contributed by atoms with E-state index < -0.39 is 34.3 Å². The lowest BCUT2D eigenvalue weighted by atomic mass is 10.0. The molecule has 40 heavy (non-hydrogen) atoms. The van der Waals surface area contributed by atoms with Gasteiger partial charge in [-0.3, -0.25) is 13.9 Å². The van der Waals surface area contributed by atoms with Crippen LogP contribution in [0.25, 0.3) is 0 Å². The van der Waals surface area contributed by atoms with E-state index in [-0.39, 0.29) is 30.6 Å². The lowest BCUT2D eigenvalue weighted by molar-refractivity contribution is -0.140. The number of sulfonamides is 1. The number of benzene rings is 3. The molecule has 3 aromatic rings. The number of amides is 2. The number of nitrogens with one attached hydrogen (secondary N) is 1. The largest absolute Gasteiger partial charge is 0.352 e. The molecule has 1 unspecified atom stereocenters. The van der Waals surface area contributed by atoms with E-state index >= 15 is 0 Å². The molecule has 0 spiro atoms. The molecule has 1 aliphatic carbocycles. The van der Waals surface area contributed by atoms with E-state index in [1.807, 2.05) is 30.3 Å². The monoisotopic (exact) mass is 585 g/mol. The molecule has 1 aliphatic rings. The number of carbonyl (C=O) groups excluding carboxylic acids is 2. The molecule has 4 rings (SSSR count). The van der Waals surface area contributed by atoms with Crippen LogP contribution >= 0.6 is 11.6 Å². The maximum Gasteiger partial charge on any atom is 0.244 e. The molecular weight excluding hydrogens is 553 g/mol. The Balaban J connectivity index is 1.73. The number of nitrogens with zero attached hydrogens (tertiary/aromatic N) is 2. The van der Waals surface area contributed by atoms with Crippen LogP contribution in [0.5, 0.6) is 0 Å². The van der Waals surface area contributed by atoms with Crippen molar-refractivity contribution in [2.24, 2.45) is 0 Å². The highest BCUT2D eigenvalue weighted by Crippen LogP contribution is 2.24. The average molecular weight is 586 g/mol. The molecule has 0 radical (unpaired) electrons. The Hall–Kier alpha value is -3.43. The summed E-state index contributed by atoms with van der Waals surface area (Å²) in [6.45, 7) is -0.635. The van der Waals surface area contributed by atoms with E-state index in [4.69, 9.17) is 11.6 Å². The normalized spacial score (nSPS) is 14.5. The lowest BCUT2D eigenvalue weighted by Crippen LogP contribution is -2.54. The van der Waals surface area contributed by atoms with Gasteiger partial charge in [-0.1, -0.05) is 79.0 Å². The predicted molar refractivity (Wildman–Crippen MR) is 155 cm³/mol. The number of anilines is 1. The molecule has 0 bridgehead atoms. The van der Waals surface area contributed by atoms with Crippen molar-refractivity contribution in [1.82, 2.24) is 10.2 Å². The fourth-order valence-electron chi connectivity index (χ4n) is 4.98. The standard InChI is InChI=1S/C30H33ClFN3O4S/c1-40(38,39)35(26-16-9-13-24(32)19-26)21-29(36)34(20-23-12-5-8-17-27(23)31)28(18-22-10-3-2-4-11-22)30(37)33-25-14-6-7-15-25/h2-5,8-13,16-17,19,25,28H,6-7,14-15,18,20-21H2,1H3,(H,33,37). The van der Waals surface area contributed by atoms with Crippen molar-refractivity contribution >= 4 is 39.1 Å². The first-order valence-corrected chi connectivity index (χ1v) is 15.4. The highest BCUT2D eigenvalue weighted by atomic mass is 35.5. The Bertz CT molecular complexity index is 1430. The van der Waals surface area contributed by atoms with Gasteiger partial charge in [-0.05, 0) is 48.2 Å². The molecule has 212 valence electrons. The van der Waals surface area contributed by atoms with Crippen LogP contribution in [0.4, 0.5) is 10.1 Å². The van der Waals surface area contributed by atoms with Gasteiger partial charge in [-0.25, -0.2) is 12.8 Å². The fourth-order valence-corrected chi connectivity index (χ4v) is 6.01. The van der Waals surface area contributed by atoms with Gasteiger partial charge in [0.2, 0.25) is 21.8 Å². The van der Waals surface area contributed by atoms with E-state index in [9.17, 15) is 22.4 Å². The third-order valence-corrected chi connectivity index (χ3v) is 8.56. The van der Waals surface area contributed by atoms with Gasteiger partial charge in [-0.2, -0.15) is 0 Å². The van der Waals surface area contributed by atoms with Gasteiger partial charge in [-0.15, -0.1) is 0 Å². The summed E-state index contributed by atoms with van der Waals surface area (Å²) in [5, 5.41) is 3.53. The van der Waals surface area contributed by atoms with Crippen molar-refractivity contribution in [3.8, 4) is 0 Å². The van der Waals surface area contributed by atoms with Crippen LogP contribution < -0.4 is 9.62 Å². The second-order valence-electron chi connectivity index (χ2n) is 10.1. The SMILES string of the molecule is CS(=O)(=O)N(CC(=O)N(Cc1ccccc1Cl)C(Cc1ccccc1)C(=O)NC1CCCC1)c1cccc(F)c1. The Morgan fingerprint density at radius 1 is 1.00 bits per heavy atom. The molecule has 1 saturated carbocycles. The predicted octanol–water partition coefficient (Wildman–Crippen LogP) is 4.94. The maximum atomic E-state index is 14.1. The Labute approximate surface area is 240 Å². The van der Waals surface area contributed by atoms with Gasteiger partial charge in [0.1, 0.15) is 18.4 Å². The van der Waals surface area contributed by atoms with Crippen LogP contribution in [0.2, 0.25) is 5.02 Å². The van der Waals surface area contributed by atoms with E-state index in [1.54, 1.807) is 24.3 Å².